The molecule has 2 saturated heterocycles. The van der Waals surface area contributed by atoms with Crippen molar-refractivity contribution in [1.29, 1.82) is 0 Å². The molecule has 0 spiro atoms. The molecule has 6 rings (SSSR count). The van der Waals surface area contributed by atoms with E-state index in [9.17, 15) is 19.2 Å². The topological polar surface area (TPSA) is 145 Å². The molecular formula is C53H68N4O6S2. The highest BCUT2D eigenvalue weighted by molar-refractivity contribution is 8.16. The van der Waals surface area contributed by atoms with Crippen LogP contribution in [0.2, 0.25) is 0 Å². The molecule has 12 heteroatoms. The minimum absolute atomic E-state index is 0.0382. The third-order valence-corrected chi connectivity index (χ3v) is 16.2. The molecule has 0 saturated carbocycles. The molecule has 0 bridgehead atoms. The van der Waals surface area contributed by atoms with E-state index >= 15 is 0 Å². The van der Waals surface area contributed by atoms with E-state index in [1.165, 1.54) is 23.5 Å². The van der Waals surface area contributed by atoms with E-state index < -0.39 is 20.6 Å². The molecule has 0 amide bonds. The SMILES string of the molecule is CCC(C)(CC(C)(CC)SC(=O)c1ccc(CC(N)(CC)C(=O)c2ccc(N3CCOCC3)cc2)cc1)SC(=O)c1ccc(CC(N)(CC)C(=O)c2ccc(N3CCOCC3)cc2)cc1. The summed E-state index contributed by atoms with van der Waals surface area (Å²) in [6.45, 7) is 18.3. The molecule has 348 valence electrons. The van der Waals surface area contributed by atoms with Gasteiger partial charge in [-0.25, -0.2) is 0 Å². The molecule has 0 radical (unpaired) electrons. The van der Waals surface area contributed by atoms with Crippen LogP contribution >= 0.6 is 23.5 Å². The summed E-state index contributed by atoms with van der Waals surface area (Å²) in [7, 11) is 0. The van der Waals surface area contributed by atoms with Crippen molar-refractivity contribution >= 4 is 56.7 Å². The van der Waals surface area contributed by atoms with Crippen LogP contribution in [0.5, 0.6) is 0 Å². The lowest BCUT2D eigenvalue weighted by Crippen LogP contribution is -2.49. The number of benzene rings is 4. The van der Waals surface area contributed by atoms with E-state index in [1.54, 1.807) is 0 Å². The van der Waals surface area contributed by atoms with Gasteiger partial charge in [0, 0.05) is 69.3 Å². The minimum Gasteiger partial charge on any atom is -0.378 e. The second-order valence-corrected chi connectivity index (χ2v) is 21.4. The second kappa shape index (κ2) is 22.0. The Bertz CT molecular complexity index is 2080. The number of ketones is 2. The van der Waals surface area contributed by atoms with Crippen molar-refractivity contribution in [2.75, 3.05) is 62.4 Å². The van der Waals surface area contributed by atoms with Crippen LogP contribution in [0.15, 0.2) is 97.1 Å². The van der Waals surface area contributed by atoms with Gasteiger partial charge in [0.05, 0.1) is 37.5 Å². The van der Waals surface area contributed by atoms with Gasteiger partial charge in [-0.1, -0.05) is 99.7 Å². The number of thioether (sulfide) groups is 2. The maximum Gasteiger partial charge on any atom is 0.219 e. The second-order valence-electron chi connectivity index (χ2n) is 18.3. The summed E-state index contributed by atoms with van der Waals surface area (Å²) < 4.78 is 10.1. The predicted octanol–water partition coefficient (Wildman–Crippen LogP) is 9.60. The minimum atomic E-state index is -1.09. The standard InChI is InChI=1S/C53H68N4O6S2/c1-7-50(5,64-48(60)42-15-11-38(12-16-42)35-52(54,9-3)46(58)40-19-23-44(24-20-40)56-27-31-62-32-28-56)37-51(6,8-2)65-49(61)43-17-13-39(14-18-43)36-53(55,10-4)47(59)41-21-25-45(26-22-41)57-29-33-63-34-30-57/h11-26H,7-10,27-37,54-55H2,1-6H3. The van der Waals surface area contributed by atoms with Crippen LogP contribution in [-0.2, 0) is 22.3 Å². The van der Waals surface area contributed by atoms with E-state index in [-0.39, 0.29) is 21.8 Å². The van der Waals surface area contributed by atoms with Crippen LogP contribution in [0.1, 0.15) is 126 Å². The number of Topliss-reactive ketones (excluding diaryl/α,β-unsaturated/α-hetero) is 2. The van der Waals surface area contributed by atoms with Crippen LogP contribution in [0.25, 0.3) is 0 Å². The smallest absolute Gasteiger partial charge is 0.219 e. The first kappa shape index (κ1) is 50.1. The van der Waals surface area contributed by atoms with Crippen molar-refractivity contribution < 1.29 is 28.7 Å². The van der Waals surface area contributed by atoms with Gasteiger partial charge in [-0.3, -0.25) is 19.2 Å². The number of nitrogens with two attached hydrogens (primary N) is 2. The molecule has 65 heavy (non-hydrogen) atoms. The zero-order valence-electron chi connectivity index (χ0n) is 39.2. The average Bonchev–Trinajstić information content (AvgIpc) is 3.34. The zero-order chi connectivity index (χ0) is 46.8. The van der Waals surface area contributed by atoms with Gasteiger partial charge in [0.2, 0.25) is 10.2 Å². The van der Waals surface area contributed by atoms with Gasteiger partial charge in [-0.05, 0) is 118 Å². The highest BCUT2D eigenvalue weighted by Crippen LogP contribution is 2.45. The first-order valence-corrected chi connectivity index (χ1v) is 24.9. The Kier molecular flexibility index (Phi) is 17.0. The van der Waals surface area contributed by atoms with Gasteiger partial charge in [0.1, 0.15) is 0 Å². The normalized spacial score (nSPS) is 18.2. The van der Waals surface area contributed by atoms with E-state index in [4.69, 9.17) is 20.9 Å². The number of nitrogens with zero attached hydrogens (tertiary/aromatic N) is 2. The summed E-state index contributed by atoms with van der Waals surface area (Å²) in [6, 6.07) is 30.3. The molecule has 4 N–H and O–H groups in total. The maximum atomic E-state index is 13.8. The first-order chi connectivity index (χ1) is 31.0. The van der Waals surface area contributed by atoms with Crippen molar-refractivity contribution in [1.82, 2.24) is 0 Å². The lowest BCUT2D eigenvalue weighted by Gasteiger charge is -2.37. The fourth-order valence-electron chi connectivity index (χ4n) is 8.67. The van der Waals surface area contributed by atoms with Crippen LogP contribution < -0.4 is 21.3 Å². The van der Waals surface area contributed by atoms with E-state index in [1.807, 2.05) is 111 Å². The van der Waals surface area contributed by atoms with Crippen LogP contribution in [-0.4, -0.2) is 95.0 Å². The van der Waals surface area contributed by atoms with Crippen LogP contribution in [0, 0.1) is 0 Å². The molecule has 4 aromatic carbocycles. The van der Waals surface area contributed by atoms with Gasteiger partial charge >= 0.3 is 0 Å². The third kappa shape index (κ3) is 12.6. The number of hydrogen-bond donors (Lipinski definition) is 2. The predicted molar refractivity (Wildman–Crippen MR) is 268 cm³/mol. The number of anilines is 2. The highest BCUT2D eigenvalue weighted by Gasteiger charge is 2.39. The molecule has 2 fully saturated rings. The largest absolute Gasteiger partial charge is 0.378 e. The number of morpholine rings is 2. The average molecular weight is 921 g/mol. The number of carbonyl (C=O) groups excluding carboxylic acids is 4. The Morgan fingerprint density at radius 2 is 0.800 bits per heavy atom. The molecule has 0 aliphatic carbocycles. The highest BCUT2D eigenvalue weighted by atomic mass is 32.2. The van der Waals surface area contributed by atoms with Crippen molar-refractivity contribution in [2.24, 2.45) is 11.5 Å². The van der Waals surface area contributed by atoms with E-state index in [0.717, 1.165) is 61.5 Å². The van der Waals surface area contributed by atoms with Gasteiger partial charge in [-0.15, -0.1) is 0 Å². The number of rotatable bonds is 20. The Balaban J connectivity index is 1.03. The molecule has 10 nitrogen and oxygen atoms in total. The van der Waals surface area contributed by atoms with Gasteiger partial charge in [0.25, 0.3) is 0 Å². The third-order valence-electron chi connectivity index (χ3n) is 13.5. The number of hydrogen-bond acceptors (Lipinski definition) is 12. The van der Waals surface area contributed by atoms with Gasteiger partial charge < -0.3 is 30.7 Å². The molecule has 4 aromatic rings. The summed E-state index contributed by atoms with van der Waals surface area (Å²) in [6.07, 6.45) is 3.73. The maximum absolute atomic E-state index is 13.8. The number of ether oxygens (including phenoxy) is 2. The quantitative estimate of drug-likeness (QED) is 0.0815. The van der Waals surface area contributed by atoms with E-state index in [2.05, 4.69) is 37.5 Å². The summed E-state index contributed by atoms with van der Waals surface area (Å²) in [5.74, 6) is -0.202. The molecule has 2 heterocycles. The van der Waals surface area contributed by atoms with Crippen LogP contribution in [0.4, 0.5) is 11.4 Å². The van der Waals surface area contributed by atoms with Crippen LogP contribution in [0.3, 0.4) is 0 Å². The number of carbonyl (C=O) groups is 4. The van der Waals surface area contributed by atoms with Crippen molar-refractivity contribution in [3.63, 3.8) is 0 Å². The van der Waals surface area contributed by atoms with Gasteiger partial charge in [-0.2, -0.15) is 0 Å². The summed E-state index contributed by atoms with van der Waals surface area (Å²) in [5.41, 5.74) is 17.7. The molecule has 4 unspecified atom stereocenters. The summed E-state index contributed by atoms with van der Waals surface area (Å²) >= 11 is 2.64. The van der Waals surface area contributed by atoms with Gasteiger partial charge in [0.15, 0.2) is 11.6 Å². The molecule has 2 aliphatic rings. The lowest BCUT2D eigenvalue weighted by atomic mass is 9.82. The van der Waals surface area contributed by atoms with Crippen molar-refractivity contribution in [3.8, 4) is 0 Å². The Morgan fingerprint density at radius 1 is 0.492 bits per heavy atom. The summed E-state index contributed by atoms with van der Waals surface area (Å²) in [4.78, 5) is 59.7. The van der Waals surface area contributed by atoms with E-state index in [0.29, 0.717) is 80.8 Å². The fourth-order valence-corrected chi connectivity index (χ4v) is 11.2. The van der Waals surface area contributed by atoms with Crippen molar-refractivity contribution in [3.05, 3.63) is 130 Å². The molecular weight excluding hydrogens is 853 g/mol. The first-order valence-electron chi connectivity index (χ1n) is 23.2. The Morgan fingerprint density at radius 3 is 1.09 bits per heavy atom. The monoisotopic (exact) mass is 920 g/mol. The summed E-state index contributed by atoms with van der Waals surface area (Å²) in [5, 5.41) is -0.0764. The molecule has 0 aromatic heterocycles. The Labute approximate surface area is 394 Å². The fraction of sp³-hybridized carbons (Fsp3) is 0.472. The zero-order valence-corrected chi connectivity index (χ0v) is 40.8. The molecule has 2 aliphatic heterocycles. The Hall–Kier alpha value is -4.30. The van der Waals surface area contributed by atoms with Crippen molar-refractivity contribution in [2.45, 2.75) is 107 Å². The molecule has 4 atom stereocenters. The lowest BCUT2D eigenvalue weighted by molar-refractivity contribution is 0.0876.